The van der Waals surface area contributed by atoms with Gasteiger partial charge in [-0.05, 0) is 44.2 Å². The van der Waals surface area contributed by atoms with Crippen LogP contribution < -0.4 is 10.6 Å². The number of amides is 1. The second-order valence-corrected chi connectivity index (χ2v) is 10.5. The first kappa shape index (κ1) is 24.6. The van der Waals surface area contributed by atoms with Gasteiger partial charge >= 0.3 is 5.97 Å². The van der Waals surface area contributed by atoms with Crippen molar-refractivity contribution in [2.75, 3.05) is 11.9 Å². The van der Waals surface area contributed by atoms with Crippen molar-refractivity contribution in [1.82, 2.24) is 5.32 Å². The summed E-state index contributed by atoms with van der Waals surface area (Å²) in [5, 5.41) is 17.0. The quantitative estimate of drug-likeness (QED) is 0.170. The third kappa shape index (κ3) is 5.64. The number of nitrogens with one attached hydrogen (secondary N) is 2. The third-order valence-electron chi connectivity index (χ3n) is 4.85. The van der Waals surface area contributed by atoms with Crippen LogP contribution in [0.15, 0.2) is 24.3 Å². The van der Waals surface area contributed by atoms with Gasteiger partial charge in [-0.2, -0.15) is 0 Å². The summed E-state index contributed by atoms with van der Waals surface area (Å²) in [5.41, 5.74) is 1.08. The van der Waals surface area contributed by atoms with Crippen molar-refractivity contribution < 1.29 is 19.2 Å². The SMILES string of the molecule is CCOC(=O)c1c(NC(NC(=O)c2cccc([N+](=O)[O-])c2)C(Cl)(Cl)Cl)sc2c1CCCC2. The Morgan fingerprint density at radius 3 is 2.66 bits per heavy atom. The summed E-state index contributed by atoms with van der Waals surface area (Å²) >= 11 is 19.7. The zero-order valence-corrected chi connectivity index (χ0v) is 20.0. The highest BCUT2D eigenvalue weighted by atomic mass is 35.6. The van der Waals surface area contributed by atoms with Gasteiger partial charge in [-0.15, -0.1) is 11.3 Å². The van der Waals surface area contributed by atoms with Crippen molar-refractivity contribution in [2.24, 2.45) is 0 Å². The number of benzene rings is 1. The van der Waals surface area contributed by atoms with Gasteiger partial charge in [-0.1, -0.05) is 40.9 Å². The standard InChI is InChI=1S/C20H20Cl3N3O5S/c1-2-31-18(28)15-13-8-3-4-9-14(13)32-17(15)25-19(20(21,22)23)24-16(27)11-6-5-7-12(10-11)26(29)30/h5-7,10,19,25H,2-4,8-9H2,1H3,(H,24,27). The van der Waals surface area contributed by atoms with E-state index < -0.39 is 26.8 Å². The highest BCUT2D eigenvalue weighted by Gasteiger charge is 2.37. The Balaban J connectivity index is 1.91. The van der Waals surface area contributed by atoms with Gasteiger partial charge in [0.25, 0.3) is 11.6 Å². The van der Waals surface area contributed by atoms with Crippen molar-refractivity contribution in [3.05, 3.63) is 55.9 Å². The molecular formula is C20H20Cl3N3O5S. The Bertz CT molecular complexity index is 1040. The fourth-order valence-electron chi connectivity index (χ4n) is 3.39. The van der Waals surface area contributed by atoms with Gasteiger partial charge in [0.05, 0.1) is 17.1 Å². The number of nitro benzene ring substituents is 1. The van der Waals surface area contributed by atoms with Crippen LogP contribution in [-0.2, 0) is 17.6 Å². The number of aryl methyl sites for hydroxylation is 1. The van der Waals surface area contributed by atoms with E-state index >= 15 is 0 Å². The van der Waals surface area contributed by atoms with Gasteiger partial charge in [0.15, 0.2) is 0 Å². The predicted octanol–water partition coefficient (Wildman–Crippen LogP) is 5.25. The minimum Gasteiger partial charge on any atom is -0.462 e. The maximum atomic E-state index is 12.7. The van der Waals surface area contributed by atoms with E-state index in [1.54, 1.807) is 6.92 Å². The zero-order chi connectivity index (χ0) is 23.5. The van der Waals surface area contributed by atoms with Crippen molar-refractivity contribution in [3.8, 4) is 0 Å². The molecule has 0 fully saturated rings. The molecule has 0 bridgehead atoms. The molecule has 0 saturated heterocycles. The summed E-state index contributed by atoms with van der Waals surface area (Å²) < 4.78 is 3.23. The summed E-state index contributed by atoms with van der Waals surface area (Å²) in [6.07, 6.45) is 2.29. The number of nitro groups is 1. The van der Waals surface area contributed by atoms with E-state index in [1.165, 1.54) is 29.5 Å². The van der Waals surface area contributed by atoms with Crippen LogP contribution in [0.5, 0.6) is 0 Å². The topological polar surface area (TPSA) is 111 Å². The summed E-state index contributed by atoms with van der Waals surface area (Å²) in [5.74, 6) is -1.17. The molecule has 3 rings (SSSR count). The maximum Gasteiger partial charge on any atom is 0.341 e. The lowest BCUT2D eigenvalue weighted by Crippen LogP contribution is -2.49. The van der Waals surface area contributed by atoms with E-state index in [4.69, 9.17) is 39.5 Å². The molecule has 12 heteroatoms. The molecule has 1 aliphatic rings. The van der Waals surface area contributed by atoms with E-state index in [9.17, 15) is 19.7 Å². The molecular weight excluding hydrogens is 501 g/mol. The van der Waals surface area contributed by atoms with Crippen LogP contribution in [0.25, 0.3) is 0 Å². The minimum atomic E-state index is -1.99. The number of fused-ring (bicyclic) bond motifs is 1. The van der Waals surface area contributed by atoms with E-state index in [0.717, 1.165) is 42.2 Å². The summed E-state index contributed by atoms with van der Waals surface area (Å²) in [7, 11) is 0. The van der Waals surface area contributed by atoms with Crippen LogP contribution in [0.4, 0.5) is 10.7 Å². The van der Waals surface area contributed by atoms with Gasteiger partial charge < -0.3 is 15.4 Å². The number of thiophene rings is 1. The highest BCUT2D eigenvalue weighted by molar-refractivity contribution is 7.16. The summed E-state index contributed by atoms with van der Waals surface area (Å²) in [6, 6.07) is 5.19. The Hall–Kier alpha value is -2.07. The molecule has 2 aromatic rings. The van der Waals surface area contributed by atoms with E-state index in [-0.39, 0.29) is 17.9 Å². The molecule has 32 heavy (non-hydrogen) atoms. The Morgan fingerprint density at radius 2 is 2.00 bits per heavy atom. The molecule has 1 aromatic carbocycles. The second kappa shape index (κ2) is 10.2. The normalized spacial score (nSPS) is 14.2. The van der Waals surface area contributed by atoms with Gasteiger partial charge in [-0.25, -0.2) is 4.79 Å². The van der Waals surface area contributed by atoms with Crippen molar-refractivity contribution in [3.63, 3.8) is 0 Å². The molecule has 1 aliphatic carbocycles. The number of non-ortho nitro benzene ring substituents is 1. The van der Waals surface area contributed by atoms with Crippen LogP contribution in [0.1, 0.15) is 50.9 Å². The largest absolute Gasteiger partial charge is 0.462 e. The second-order valence-electron chi connectivity index (χ2n) is 7.04. The van der Waals surface area contributed by atoms with E-state index in [0.29, 0.717) is 10.6 Å². The van der Waals surface area contributed by atoms with E-state index in [1.807, 2.05) is 0 Å². The molecule has 1 aromatic heterocycles. The number of hydrogen-bond acceptors (Lipinski definition) is 7. The minimum absolute atomic E-state index is 0.0244. The van der Waals surface area contributed by atoms with Crippen LogP contribution in [-0.4, -0.2) is 33.4 Å². The lowest BCUT2D eigenvalue weighted by atomic mass is 9.95. The molecule has 1 unspecified atom stereocenters. The summed E-state index contributed by atoms with van der Waals surface area (Å²) in [6.45, 7) is 1.92. The average Bonchev–Trinajstić information content (AvgIpc) is 3.10. The fourth-order valence-corrected chi connectivity index (χ4v) is 5.03. The Kier molecular flexibility index (Phi) is 7.87. The van der Waals surface area contributed by atoms with Crippen LogP contribution >= 0.6 is 46.1 Å². The Morgan fingerprint density at radius 1 is 1.28 bits per heavy atom. The Labute approximate surface area is 203 Å². The fraction of sp³-hybridized carbons (Fsp3) is 0.400. The number of carbonyl (C=O) groups excluding carboxylic acids is 2. The number of halogens is 3. The first-order chi connectivity index (χ1) is 15.1. The van der Waals surface area contributed by atoms with Crippen LogP contribution in [0.2, 0.25) is 0 Å². The smallest absolute Gasteiger partial charge is 0.341 e. The van der Waals surface area contributed by atoms with Crippen LogP contribution in [0, 0.1) is 10.1 Å². The first-order valence-corrected chi connectivity index (χ1v) is 11.8. The number of rotatable bonds is 7. The number of esters is 1. The molecule has 1 heterocycles. The highest BCUT2D eigenvalue weighted by Crippen LogP contribution is 2.41. The van der Waals surface area contributed by atoms with Gasteiger partial charge in [-0.3, -0.25) is 14.9 Å². The lowest BCUT2D eigenvalue weighted by molar-refractivity contribution is -0.384. The first-order valence-electron chi connectivity index (χ1n) is 9.82. The molecule has 2 N–H and O–H groups in total. The zero-order valence-electron chi connectivity index (χ0n) is 17.0. The molecule has 1 amide bonds. The number of carbonyl (C=O) groups is 2. The monoisotopic (exact) mass is 519 g/mol. The molecule has 172 valence electrons. The van der Waals surface area contributed by atoms with Gasteiger partial charge in [0.2, 0.25) is 3.79 Å². The van der Waals surface area contributed by atoms with Crippen molar-refractivity contribution >= 4 is 68.7 Å². The number of alkyl halides is 3. The number of hydrogen-bond donors (Lipinski definition) is 2. The molecule has 8 nitrogen and oxygen atoms in total. The molecule has 0 radical (unpaired) electrons. The molecule has 0 saturated carbocycles. The van der Waals surface area contributed by atoms with Crippen LogP contribution in [0.3, 0.4) is 0 Å². The number of nitrogens with zero attached hydrogens (tertiary/aromatic N) is 1. The number of anilines is 1. The maximum absolute atomic E-state index is 12.7. The predicted molar refractivity (Wildman–Crippen MR) is 125 cm³/mol. The molecule has 1 atom stereocenters. The lowest BCUT2D eigenvalue weighted by Gasteiger charge is -2.27. The molecule has 0 spiro atoms. The number of ether oxygens (including phenoxy) is 1. The van der Waals surface area contributed by atoms with Gasteiger partial charge in [0, 0.05) is 22.6 Å². The molecule has 0 aliphatic heterocycles. The van der Waals surface area contributed by atoms with Crippen molar-refractivity contribution in [2.45, 2.75) is 42.6 Å². The van der Waals surface area contributed by atoms with Gasteiger partial charge in [0.1, 0.15) is 11.2 Å². The van der Waals surface area contributed by atoms with E-state index in [2.05, 4.69) is 10.6 Å². The third-order valence-corrected chi connectivity index (χ3v) is 6.73. The van der Waals surface area contributed by atoms with Crippen molar-refractivity contribution in [1.29, 1.82) is 0 Å². The average molecular weight is 521 g/mol. The summed E-state index contributed by atoms with van der Waals surface area (Å²) in [4.78, 5) is 36.9.